The van der Waals surface area contributed by atoms with Crippen molar-refractivity contribution in [3.05, 3.63) is 77.5 Å². The molecule has 0 aliphatic carbocycles. The molecule has 2 saturated heterocycles. The van der Waals surface area contributed by atoms with Gasteiger partial charge < -0.3 is 20.3 Å². The first-order valence-electron chi connectivity index (χ1n) is 13.8. The van der Waals surface area contributed by atoms with Crippen molar-refractivity contribution in [2.45, 2.75) is 43.1 Å². The van der Waals surface area contributed by atoms with E-state index in [9.17, 15) is 27.6 Å². The van der Waals surface area contributed by atoms with E-state index in [-0.39, 0.29) is 30.6 Å². The fourth-order valence-corrected chi connectivity index (χ4v) is 5.86. The highest BCUT2D eigenvalue weighted by molar-refractivity contribution is 5.89. The van der Waals surface area contributed by atoms with E-state index in [0.717, 1.165) is 17.7 Å². The number of ether oxygens (including phenoxy) is 1. The lowest BCUT2D eigenvalue weighted by Crippen LogP contribution is -2.53. The Bertz CT molecular complexity index is 1460. The summed E-state index contributed by atoms with van der Waals surface area (Å²) in [6, 6.07) is 16.1. The normalized spacial score (nSPS) is 20.1. The molecule has 1 aromatic heterocycles. The topological polar surface area (TPSA) is 90.3 Å². The molecule has 3 aromatic rings. The molecule has 220 valence electrons. The molecule has 0 bridgehead atoms. The fraction of sp³-hybridized carbons (Fsp3) is 0.387. The first-order valence-corrected chi connectivity index (χ1v) is 13.8. The van der Waals surface area contributed by atoms with Crippen LogP contribution in [-0.4, -0.2) is 56.4 Å². The Morgan fingerprint density at radius 3 is 2.57 bits per heavy atom. The Kier molecular flexibility index (Phi) is 8.36. The molecule has 42 heavy (non-hydrogen) atoms. The number of carbonyl (C=O) groups is 1. The molecular formula is C31H31F4N5O2. The van der Waals surface area contributed by atoms with E-state index in [1.807, 2.05) is 47.4 Å². The Labute approximate surface area is 241 Å². The summed E-state index contributed by atoms with van der Waals surface area (Å²) >= 11 is 0. The van der Waals surface area contributed by atoms with E-state index >= 15 is 0 Å². The van der Waals surface area contributed by atoms with Crippen LogP contribution >= 0.6 is 0 Å². The van der Waals surface area contributed by atoms with Crippen LogP contribution in [-0.2, 0) is 16.4 Å². The molecule has 1 amide bonds. The summed E-state index contributed by atoms with van der Waals surface area (Å²) < 4.78 is 58.9. The van der Waals surface area contributed by atoms with Crippen LogP contribution in [0.1, 0.15) is 36.0 Å². The minimum Gasteiger partial charge on any atom is -0.496 e. The summed E-state index contributed by atoms with van der Waals surface area (Å²) in [5, 5.41) is 15.7. The third-order valence-electron chi connectivity index (χ3n) is 8.21. The Morgan fingerprint density at radius 1 is 1.19 bits per heavy atom. The number of alkyl halides is 4. The van der Waals surface area contributed by atoms with Crippen LogP contribution in [0.15, 0.2) is 60.8 Å². The quantitative estimate of drug-likeness (QED) is 0.382. The number of aromatic nitrogens is 1. The SMILES string of the molecule is COc1ccccc1-c1ccc(C2(C(=O)NC[C@@H]3C[C@@H](F)CN3)CCN(c3ccc(C(F)(F)F)cc3C#N)CC2)cn1. The molecule has 5 rings (SSSR count). The minimum atomic E-state index is -4.56. The molecule has 2 aromatic carbocycles. The number of pyridine rings is 1. The molecule has 7 nitrogen and oxygen atoms in total. The second kappa shape index (κ2) is 12.0. The average molecular weight is 582 g/mol. The van der Waals surface area contributed by atoms with Crippen LogP contribution < -0.4 is 20.3 Å². The van der Waals surface area contributed by atoms with Crippen molar-refractivity contribution >= 4 is 11.6 Å². The van der Waals surface area contributed by atoms with Crippen molar-refractivity contribution in [3.63, 3.8) is 0 Å². The largest absolute Gasteiger partial charge is 0.496 e. The molecule has 2 aliphatic rings. The van der Waals surface area contributed by atoms with Gasteiger partial charge in [0.15, 0.2) is 0 Å². The predicted octanol–water partition coefficient (Wildman–Crippen LogP) is 5.00. The van der Waals surface area contributed by atoms with Gasteiger partial charge in [0.25, 0.3) is 0 Å². The number of amides is 1. The number of rotatable bonds is 7. The zero-order valence-electron chi connectivity index (χ0n) is 23.0. The lowest BCUT2D eigenvalue weighted by molar-refractivity contribution is -0.137. The summed E-state index contributed by atoms with van der Waals surface area (Å²) in [4.78, 5) is 20.4. The van der Waals surface area contributed by atoms with Crippen LogP contribution in [0.25, 0.3) is 11.3 Å². The van der Waals surface area contributed by atoms with Crippen LogP contribution in [0.3, 0.4) is 0 Å². The molecule has 2 fully saturated rings. The van der Waals surface area contributed by atoms with Gasteiger partial charge in [-0.05, 0) is 61.2 Å². The molecule has 11 heteroatoms. The van der Waals surface area contributed by atoms with Crippen molar-refractivity contribution in [2.24, 2.45) is 0 Å². The molecule has 2 N–H and O–H groups in total. The van der Waals surface area contributed by atoms with Crippen LogP contribution in [0.2, 0.25) is 0 Å². The number of nitrogens with one attached hydrogen (secondary N) is 2. The predicted molar refractivity (Wildman–Crippen MR) is 150 cm³/mol. The number of benzene rings is 2. The van der Waals surface area contributed by atoms with E-state index < -0.39 is 23.3 Å². The van der Waals surface area contributed by atoms with Crippen molar-refractivity contribution in [3.8, 4) is 23.1 Å². The second-order valence-electron chi connectivity index (χ2n) is 10.7. The summed E-state index contributed by atoms with van der Waals surface area (Å²) in [7, 11) is 1.58. The molecule has 0 unspecified atom stereocenters. The zero-order chi connectivity index (χ0) is 29.9. The highest BCUT2D eigenvalue weighted by atomic mass is 19.4. The molecule has 2 aliphatic heterocycles. The number of hydrogen-bond donors (Lipinski definition) is 2. The number of nitriles is 1. The molecular weight excluding hydrogens is 550 g/mol. The van der Waals surface area contributed by atoms with Crippen LogP contribution in [0.5, 0.6) is 5.75 Å². The Hall–Kier alpha value is -4.17. The first kappa shape index (κ1) is 29.3. The van der Waals surface area contributed by atoms with Gasteiger partial charge in [0.05, 0.1) is 35.0 Å². The highest BCUT2D eigenvalue weighted by Crippen LogP contribution is 2.40. The van der Waals surface area contributed by atoms with Gasteiger partial charge in [-0.15, -0.1) is 0 Å². The lowest BCUT2D eigenvalue weighted by atomic mass is 9.72. The van der Waals surface area contributed by atoms with Crippen LogP contribution in [0, 0.1) is 11.3 Å². The summed E-state index contributed by atoms with van der Waals surface area (Å²) in [5.41, 5.74) is 0.650. The van der Waals surface area contributed by atoms with Crippen molar-refractivity contribution < 1.29 is 27.1 Å². The van der Waals surface area contributed by atoms with Gasteiger partial charge in [-0.1, -0.05) is 18.2 Å². The third kappa shape index (κ3) is 5.90. The van der Waals surface area contributed by atoms with Gasteiger partial charge in [0, 0.05) is 44.0 Å². The molecule has 2 atom stereocenters. The number of methoxy groups -OCH3 is 1. The second-order valence-corrected chi connectivity index (χ2v) is 10.7. The zero-order valence-corrected chi connectivity index (χ0v) is 23.0. The number of halogens is 4. The molecule has 0 saturated carbocycles. The van der Waals surface area contributed by atoms with Crippen molar-refractivity contribution in [1.29, 1.82) is 5.26 Å². The van der Waals surface area contributed by atoms with E-state index in [0.29, 0.717) is 55.0 Å². The van der Waals surface area contributed by atoms with E-state index in [2.05, 4.69) is 15.6 Å². The van der Waals surface area contributed by atoms with Crippen LogP contribution in [0.4, 0.5) is 23.2 Å². The van der Waals surface area contributed by atoms with Gasteiger partial charge in [-0.2, -0.15) is 18.4 Å². The Balaban J connectivity index is 1.41. The van der Waals surface area contributed by atoms with Crippen molar-refractivity contribution in [2.75, 3.05) is 38.2 Å². The minimum absolute atomic E-state index is 0.0716. The number of nitrogens with zero attached hydrogens (tertiary/aromatic N) is 3. The summed E-state index contributed by atoms with van der Waals surface area (Å²) in [5.74, 6) is 0.449. The van der Waals surface area contributed by atoms with E-state index in [1.165, 1.54) is 6.07 Å². The molecule has 0 spiro atoms. The van der Waals surface area contributed by atoms with Gasteiger partial charge in [0.2, 0.25) is 5.91 Å². The number of anilines is 1. The van der Waals surface area contributed by atoms with E-state index in [4.69, 9.17) is 4.74 Å². The third-order valence-corrected chi connectivity index (χ3v) is 8.21. The monoisotopic (exact) mass is 581 g/mol. The van der Waals surface area contributed by atoms with Gasteiger partial charge in [0.1, 0.15) is 18.0 Å². The van der Waals surface area contributed by atoms with Gasteiger partial charge in [-0.3, -0.25) is 9.78 Å². The van der Waals surface area contributed by atoms with Crippen molar-refractivity contribution in [1.82, 2.24) is 15.6 Å². The van der Waals surface area contributed by atoms with E-state index in [1.54, 1.807) is 13.3 Å². The fourth-order valence-electron chi connectivity index (χ4n) is 5.86. The Morgan fingerprint density at radius 2 is 1.95 bits per heavy atom. The van der Waals surface area contributed by atoms with Gasteiger partial charge >= 0.3 is 6.18 Å². The molecule has 3 heterocycles. The number of piperidine rings is 1. The maximum atomic E-state index is 13.9. The smallest absolute Gasteiger partial charge is 0.416 e. The lowest BCUT2D eigenvalue weighted by Gasteiger charge is -2.42. The average Bonchev–Trinajstić information content (AvgIpc) is 3.44. The van der Waals surface area contributed by atoms with Gasteiger partial charge in [-0.25, -0.2) is 4.39 Å². The maximum Gasteiger partial charge on any atom is 0.416 e. The molecule has 0 radical (unpaired) electrons. The number of para-hydroxylation sites is 1. The summed E-state index contributed by atoms with van der Waals surface area (Å²) in [6.07, 6.45) is -2.83. The summed E-state index contributed by atoms with van der Waals surface area (Å²) in [6.45, 7) is 1.18. The maximum absolute atomic E-state index is 13.9. The first-order chi connectivity index (χ1) is 20.1. The highest BCUT2D eigenvalue weighted by Gasteiger charge is 2.44. The number of hydrogen-bond acceptors (Lipinski definition) is 6. The standard InChI is InChI=1S/C31H31F4N5O2/c1-42-28-5-3-2-4-25(28)26-8-6-22(17-38-26)30(29(41)39-19-24-15-23(32)18-37-24)10-12-40(13-11-30)27-9-7-21(31(33,34)35)14-20(27)16-36/h2-9,14,17,23-24,37H,10-13,15,18-19H2,1H3,(H,39,41)/t23-,24+/m1/s1. The number of carbonyl (C=O) groups excluding carboxylic acids is 1.